The fourth-order valence-electron chi connectivity index (χ4n) is 1.27. The topological polar surface area (TPSA) is 108 Å². The Morgan fingerprint density at radius 1 is 1.37 bits per heavy atom. The van der Waals surface area contributed by atoms with Crippen molar-refractivity contribution in [2.45, 2.75) is 19.9 Å². The van der Waals surface area contributed by atoms with Crippen LogP contribution in [0.3, 0.4) is 0 Å². The third-order valence-electron chi connectivity index (χ3n) is 2.64. The van der Waals surface area contributed by atoms with E-state index in [1.54, 1.807) is 38.1 Å². The van der Waals surface area contributed by atoms with Crippen LogP contribution in [0, 0.1) is 0 Å². The molecular formula is C11H18N4O3S. The molecule has 0 atom stereocenters. The first kappa shape index (κ1) is 15.3. The summed E-state index contributed by atoms with van der Waals surface area (Å²) in [5.74, 6) is -0.0336. The lowest BCUT2D eigenvalue weighted by molar-refractivity contribution is 0.318. The van der Waals surface area contributed by atoms with Gasteiger partial charge in [0.15, 0.2) is 5.84 Å². The number of benzene rings is 1. The van der Waals surface area contributed by atoms with Gasteiger partial charge in [-0.3, -0.25) is 4.72 Å². The van der Waals surface area contributed by atoms with E-state index in [0.29, 0.717) is 11.3 Å². The van der Waals surface area contributed by atoms with Crippen LogP contribution in [0.1, 0.15) is 19.4 Å². The standard InChI is InChI=1S/C11H18N4O3S/c1-8(2)15(3)19(17,18)14-10-6-4-9(5-7-10)11(12)13-16/h4-8,14,16H,1-3H3,(H2,12,13). The maximum absolute atomic E-state index is 11.9. The Labute approximate surface area is 112 Å². The lowest BCUT2D eigenvalue weighted by atomic mass is 10.2. The zero-order chi connectivity index (χ0) is 14.6. The van der Waals surface area contributed by atoms with Crippen LogP contribution in [0.2, 0.25) is 0 Å². The number of anilines is 1. The highest BCUT2D eigenvalue weighted by Crippen LogP contribution is 2.13. The molecule has 0 heterocycles. The molecular weight excluding hydrogens is 268 g/mol. The molecule has 0 saturated carbocycles. The van der Waals surface area contributed by atoms with E-state index in [-0.39, 0.29) is 11.9 Å². The lowest BCUT2D eigenvalue weighted by Gasteiger charge is -2.21. The molecule has 1 rings (SSSR count). The van der Waals surface area contributed by atoms with Gasteiger partial charge in [0.25, 0.3) is 0 Å². The molecule has 8 heteroatoms. The van der Waals surface area contributed by atoms with Gasteiger partial charge in [-0.25, -0.2) is 0 Å². The highest BCUT2D eigenvalue weighted by atomic mass is 32.2. The van der Waals surface area contributed by atoms with Gasteiger partial charge in [-0.05, 0) is 38.1 Å². The predicted octanol–water partition coefficient (Wildman–Crippen LogP) is 0.778. The summed E-state index contributed by atoms with van der Waals surface area (Å²) in [6.07, 6.45) is 0. The zero-order valence-electron chi connectivity index (χ0n) is 11.0. The predicted molar refractivity (Wildman–Crippen MR) is 74.4 cm³/mol. The van der Waals surface area contributed by atoms with E-state index in [2.05, 4.69) is 9.88 Å². The Hall–Kier alpha value is -1.80. The first-order valence-corrected chi connectivity index (χ1v) is 7.05. The van der Waals surface area contributed by atoms with Gasteiger partial charge in [-0.15, -0.1) is 0 Å². The zero-order valence-corrected chi connectivity index (χ0v) is 11.8. The molecule has 1 aromatic carbocycles. The summed E-state index contributed by atoms with van der Waals surface area (Å²) in [6, 6.07) is 6.05. The molecule has 0 aliphatic carbocycles. The van der Waals surface area contributed by atoms with E-state index >= 15 is 0 Å². The van der Waals surface area contributed by atoms with Crippen molar-refractivity contribution >= 4 is 21.7 Å². The maximum atomic E-state index is 11.9. The molecule has 0 fully saturated rings. The van der Waals surface area contributed by atoms with Gasteiger partial charge in [0, 0.05) is 24.3 Å². The first-order valence-electron chi connectivity index (χ1n) is 5.61. The molecule has 0 amide bonds. The number of hydrogen-bond donors (Lipinski definition) is 3. The molecule has 0 aliphatic rings. The van der Waals surface area contributed by atoms with Crippen LogP contribution in [-0.2, 0) is 10.2 Å². The Bertz CT molecular complexity index is 552. The van der Waals surface area contributed by atoms with Crippen molar-refractivity contribution in [3.63, 3.8) is 0 Å². The van der Waals surface area contributed by atoms with E-state index in [9.17, 15) is 8.42 Å². The SMILES string of the molecule is CC(C)N(C)S(=O)(=O)Nc1ccc(/C(N)=N/O)cc1. The van der Waals surface area contributed by atoms with E-state index in [4.69, 9.17) is 10.9 Å². The summed E-state index contributed by atoms with van der Waals surface area (Å²) in [4.78, 5) is 0. The van der Waals surface area contributed by atoms with Gasteiger partial charge >= 0.3 is 10.2 Å². The van der Waals surface area contributed by atoms with Gasteiger partial charge in [0.1, 0.15) is 0 Å². The summed E-state index contributed by atoms with van der Waals surface area (Å²) in [5, 5.41) is 11.4. The fourth-order valence-corrected chi connectivity index (χ4v) is 2.40. The van der Waals surface area contributed by atoms with Gasteiger partial charge in [0.05, 0.1) is 0 Å². The summed E-state index contributed by atoms with van der Waals surface area (Å²) in [5.41, 5.74) is 6.32. The summed E-state index contributed by atoms with van der Waals surface area (Å²) in [7, 11) is -2.08. The van der Waals surface area contributed by atoms with Gasteiger partial charge < -0.3 is 10.9 Å². The van der Waals surface area contributed by atoms with E-state index in [0.717, 1.165) is 0 Å². The number of nitrogens with two attached hydrogens (primary N) is 1. The molecule has 106 valence electrons. The Balaban J connectivity index is 2.90. The largest absolute Gasteiger partial charge is 0.409 e. The second kappa shape index (κ2) is 5.89. The number of nitrogens with zero attached hydrogens (tertiary/aromatic N) is 2. The Kier molecular flexibility index (Phi) is 4.73. The van der Waals surface area contributed by atoms with Crippen molar-refractivity contribution < 1.29 is 13.6 Å². The average Bonchev–Trinajstić information content (AvgIpc) is 2.37. The van der Waals surface area contributed by atoms with Crippen LogP contribution in [0.5, 0.6) is 0 Å². The molecule has 1 aromatic rings. The maximum Gasteiger partial charge on any atom is 0.301 e. The minimum Gasteiger partial charge on any atom is -0.409 e. The summed E-state index contributed by atoms with van der Waals surface area (Å²) >= 11 is 0. The normalized spacial score (nSPS) is 13.0. The van der Waals surface area contributed by atoms with Crippen LogP contribution in [0.4, 0.5) is 5.69 Å². The highest BCUT2D eigenvalue weighted by molar-refractivity contribution is 7.90. The highest BCUT2D eigenvalue weighted by Gasteiger charge is 2.20. The second-order valence-electron chi connectivity index (χ2n) is 4.28. The lowest BCUT2D eigenvalue weighted by Crippen LogP contribution is -2.37. The fraction of sp³-hybridized carbons (Fsp3) is 0.364. The number of oxime groups is 1. The molecule has 0 bridgehead atoms. The van der Waals surface area contributed by atoms with Gasteiger partial charge in [0.2, 0.25) is 0 Å². The molecule has 0 aromatic heterocycles. The van der Waals surface area contributed by atoms with E-state index < -0.39 is 10.2 Å². The average molecular weight is 286 g/mol. The van der Waals surface area contributed by atoms with Crippen LogP contribution in [0.25, 0.3) is 0 Å². The molecule has 7 nitrogen and oxygen atoms in total. The number of nitrogens with one attached hydrogen (secondary N) is 1. The molecule has 0 radical (unpaired) electrons. The summed E-state index contributed by atoms with van der Waals surface area (Å²) in [6.45, 7) is 3.56. The molecule has 0 unspecified atom stereocenters. The smallest absolute Gasteiger partial charge is 0.301 e. The van der Waals surface area contributed by atoms with Crippen LogP contribution < -0.4 is 10.5 Å². The van der Waals surface area contributed by atoms with Crippen LogP contribution >= 0.6 is 0 Å². The third-order valence-corrected chi connectivity index (χ3v) is 4.32. The van der Waals surface area contributed by atoms with Crippen molar-refractivity contribution in [1.82, 2.24) is 4.31 Å². The van der Waals surface area contributed by atoms with Crippen LogP contribution in [-0.4, -0.2) is 36.9 Å². The van der Waals surface area contributed by atoms with Crippen molar-refractivity contribution in [3.8, 4) is 0 Å². The molecule has 19 heavy (non-hydrogen) atoms. The number of hydrogen-bond acceptors (Lipinski definition) is 4. The third kappa shape index (κ3) is 3.83. The van der Waals surface area contributed by atoms with E-state index in [1.807, 2.05) is 0 Å². The van der Waals surface area contributed by atoms with Gasteiger partial charge in [-0.1, -0.05) is 5.16 Å². The second-order valence-corrected chi connectivity index (χ2v) is 6.01. The van der Waals surface area contributed by atoms with Crippen molar-refractivity contribution in [3.05, 3.63) is 29.8 Å². The van der Waals surface area contributed by atoms with Crippen molar-refractivity contribution in [2.24, 2.45) is 10.9 Å². The van der Waals surface area contributed by atoms with E-state index in [1.165, 1.54) is 11.4 Å². The summed E-state index contributed by atoms with van der Waals surface area (Å²) < 4.78 is 27.6. The van der Waals surface area contributed by atoms with Crippen LogP contribution in [0.15, 0.2) is 29.4 Å². The quantitative estimate of drug-likeness (QED) is 0.321. The molecule has 0 saturated heterocycles. The van der Waals surface area contributed by atoms with Crippen molar-refractivity contribution in [2.75, 3.05) is 11.8 Å². The number of rotatable bonds is 5. The molecule has 0 aliphatic heterocycles. The molecule has 4 N–H and O–H groups in total. The molecule has 0 spiro atoms. The Morgan fingerprint density at radius 2 is 1.89 bits per heavy atom. The minimum atomic E-state index is -3.58. The monoisotopic (exact) mass is 286 g/mol. The minimum absolute atomic E-state index is 0.0336. The number of amidine groups is 1. The van der Waals surface area contributed by atoms with Crippen molar-refractivity contribution in [1.29, 1.82) is 0 Å². The van der Waals surface area contributed by atoms with Gasteiger partial charge in [-0.2, -0.15) is 12.7 Å². The first-order chi connectivity index (χ1) is 8.77. The Morgan fingerprint density at radius 3 is 2.32 bits per heavy atom.